The second kappa shape index (κ2) is 8.98. The smallest absolute Gasteiger partial charge is 0.231 e. The fourth-order valence-electron chi connectivity index (χ4n) is 3.29. The van der Waals surface area contributed by atoms with E-state index < -0.39 is 0 Å². The fourth-order valence-corrected chi connectivity index (χ4v) is 3.29. The molecule has 3 aromatic rings. The molecule has 0 bridgehead atoms. The van der Waals surface area contributed by atoms with E-state index in [0.717, 1.165) is 11.3 Å². The van der Waals surface area contributed by atoms with Crippen LogP contribution in [-0.4, -0.2) is 39.4 Å². The topological polar surface area (TPSA) is 65.1 Å². The first-order valence-electron chi connectivity index (χ1n) is 10.1. The van der Waals surface area contributed by atoms with Crippen molar-refractivity contribution in [2.24, 2.45) is 0 Å². The highest BCUT2D eigenvalue weighted by Gasteiger charge is 2.27. The number of rotatable bonds is 7. The number of carbonyl (C=O) groups excluding carboxylic acids is 2. The van der Waals surface area contributed by atoms with E-state index in [1.54, 1.807) is 55.7 Å². The van der Waals surface area contributed by atoms with E-state index >= 15 is 0 Å². The minimum atomic E-state index is -0.183. The van der Waals surface area contributed by atoms with Gasteiger partial charge >= 0.3 is 0 Å². The van der Waals surface area contributed by atoms with Crippen molar-refractivity contribution in [2.45, 2.75) is 0 Å². The van der Waals surface area contributed by atoms with Gasteiger partial charge < -0.3 is 19.1 Å². The monoisotopic (exact) mass is 429 g/mol. The second-order valence-corrected chi connectivity index (χ2v) is 7.52. The van der Waals surface area contributed by atoms with Crippen molar-refractivity contribution in [3.8, 4) is 17.2 Å². The largest absolute Gasteiger partial charge is 0.497 e. The number of methoxy groups -OCH3 is 1. The summed E-state index contributed by atoms with van der Waals surface area (Å²) in [5.74, 6) is 1.46. The first-order chi connectivity index (χ1) is 15.4. The number of ether oxygens (including phenoxy) is 3. The van der Waals surface area contributed by atoms with E-state index in [1.807, 2.05) is 43.3 Å². The molecule has 1 aliphatic heterocycles. The lowest BCUT2D eigenvalue weighted by molar-refractivity contribution is 0.0920. The van der Waals surface area contributed by atoms with Gasteiger partial charge in [-0.05, 0) is 60.2 Å². The van der Waals surface area contributed by atoms with E-state index in [0.29, 0.717) is 28.4 Å². The van der Waals surface area contributed by atoms with Crippen LogP contribution in [0.1, 0.15) is 26.3 Å². The standard InChI is InChI=1S/C26H23NO5/c1-27(2)19-8-4-17(5-9-19)14-25-26(29)22-13-12-21(15-24(22)32-25)31-16-23(28)18-6-10-20(30-3)11-7-18/h4-15H,16H2,1-3H3/b25-14-. The van der Waals surface area contributed by atoms with Crippen LogP contribution < -0.4 is 19.1 Å². The Hall–Kier alpha value is -4.06. The van der Waals surface area contributed by atoms with E-state index in [-0.39, 0.29) is 23.9 Å². The lowest BCUT2D eigenvalue weighted by Crippen LogP contribution is -2.11. The van der Waals surface area contributed by atoms with Crippen molar-refractivity contribution in [2.75, 3.05) is 32.7 Å². The van der Waals surface area contributed by atoms with E-state index in [4.69, 9.17) is 14.2 Å². The van der Waals surface area contributed by atoms with Crippen molar-refractivity contribution < 1.29 is 23.8 Å². The molecule has 0 radical (unpaired) electrons. The zero-order valence-electron chi connectivity index (χ0n) is 18.1. The molecule has 6 heteroatoms. The van der Waals surface area contributed by atoms with E-state index in [1.165, 1.54) is 0 Å². The Labute approximate surface area is 186 Å². The number of ketones is 2. The average Bonchev–Trinajstić information content (AvgIpc) is 3.12. The lowest BCUT2D eigenvalue weighted by Gasteiger charge is -2.11. The molecule has 162 valence electrons. The molecule has 0 N–H and O–H groups in total. The van der Waals surface area contributed by atoms with Gasteiger partial charge in [-0.15, -0.1) is 0 Å². The predicted molar refractivity (Wildman–Crippen MR) is 123 cm³/mol. The predicted octanol–water partition coefficient (Wildman–Crippen LogP) is 4.64. The van der Waals surface area contributed by atoms with Gasteiger partial charge in [0.15, 0.2) is 18.1 Å². The molecule has 0 amide bonds. The van der Waals surface area contributed by atoms with Crippen molar-refractivity contribution >= 4 is 23.3 Å². The molecular weight excluding hydrogens is 406 g/mol. The molecule has 0 aromatic heterocycles. The number of fused-ring (bicyclic) bond motifs is 1. The Bertz CT molecular complexity index is 1180. The summed E-state index contributed by atoms with van der Waals surface area (Å²) in [6, 6.07) is 19.6. The summed E-state index contributed by atoms with van der Waals surface area (Å²) >= 11 is 0. The summed E-state index contributed by atoms with van der Waals surface area (Å²) in [4.78, 5) is 27.1. The van der Waals surface area contributed by atoms with Crippen molar-refractivity contribution in [3.63, 3.8) is 0 Å². The van der Waals surface area contributed by atoms with Crippen molar-refractivity contribution in [1.82, 2.24) is 0 Å². The third kappa shape index (κ3) is 4.49. The van der Waals surface area contributed by atoms with Crippen LogP contribution in [0.25, 0.3) is 6.08 Å². The van der Waals surface area contributed by atoms with Gasteiger partial charge in [0.25, 0.3) is 0 Å². The SMILES string of the molecule is COc1ccc(C(=O)COc2ccc3c(c2)O/C(=C\c2ccc(N(C)C)cc2)C3=O)cc1. The third-order valence-electron chi connectivity index (χ3n) is 5.13. The molecule has 0 saturated heterocycles. The van der Waals surface area contributed by atoms with Gasteiger partial charge in [-0.1, -0.05) is 12.1 Å². The Morgan fingerprint density at radius 3 is 2.31 bits per heavy atom. The summed E-state index contributed by atoms with van der Waals surface area (Å²) in [5.41, 5.74) is 2.94. The maximum Gasteiger partial charge on any atom is 0.231 e. The molecule has 1 heterocycles. The first-order valence-corrected chi connectivity index (χ1v) is 10.1. The molecule has 0 atom stereocenters. The number of carbonyl (C=O) groups is 2. The van der Waals surface area contributed by atoms with Crippen LogP contribution in [0.5, 0.6) is 17.2 Å². The number of anilines is 1. The molecular formula is C26H23NO5. The first kappa shape index (κ1) is 21.2. The van der Waals surface area contributed by atoms with Gasteiger partial charge in [-0.2, -0.15) is 0 Å². The summed E-state index contributed by atoms with van der Waals surface area (Å²) in [5, 5.41) is 0. The normalized spacial score (nSPS) is 13.5. The van der Waals surface area contributed by atoms with Gasteiger partial charge in [0.05, 0.1) is 12.7 Å². The number of hydrogen-bond donors (Lipinski definition) is 0. The van der Waals surface area contributed by atoms with Gasteiger partial charge in [-0.25, -0.2) is 0 Å². The number of benzene rings is 3. The minimum Gasteiger partial charge on any atom is -0.497 e. The summed E-state index contributed by atoms with van der Waals surface area (Å²) in [6.07, 6.45) is 1.72. The summed E-state index contributed by atoms with van der Waals surface area (Å²) < 4.78 is 16.5. The quantitative estimate of drug-likeness (QED) is 0.403. The fraction of sp³-hybridized carbons (Fsp3) is 0.154. The Morgan fingerprint density at radius 1 is 0.969 bits per heavy atom. The van der Waals surface area contributed by atoms with Crippen LogP contribution in [0, 0.1) is 0 Å². The number of nitrogens with zero attached hydrogens (tertiary/aromatic N) is 1. The number of Topliss-reactive ketones (excluding diaryl/α,β-unsaturated/α-hetero) is 2. The van der Waals surface area contributed by atoms with E-state index in [2.05, 4.69) is 0 Å². The molecule has 0 spiro atoms. The third-order valence-corrected chi connectivity index (χ3v) is 5.13. The Morgan fingerprint density at radius 2 is 1.66 bits per heavy atom. The molecule has 3 aromatic carbocycles. The highest BCUT2D eigenvalue weighted by atomic mass is 16.5. The second-order valence-electron chi connectivity index (χ2n) is 7.52. The number of allylic oxidation sites excluding steroid dienone is 1. The Balaban J connectivity index is 1.43. The molecule has 6 nitrogen and oxygen atoms in total. The zero-order chi connectivity index (χ0) is 22.7. The van der Waals surface area contributed by atoms with Crippen LogP contribution in [0.4, 0.5) is 5.69 Å². The van der Waals surface area contributed by atoms with Crippen LogP contribution in [0.15, 0.2) is 72.5 Å². The van der Waals surface area contributed by atoms with Crippen molar-refractivity contribution in [1.29, 1.82) is 0 Å². The molecule has 0 unspecified atom stereocenters. The lowest BCUT2D eigenvalue weighted by atomic mass is 10.1. The van der Waals surface area contributed by atoms with Crippen LogP contribution >= 0.6 is 0 Å². The maximum absolute atomic E-state index is 12.7. The van der Waals surface area contributed by atoms with Gasteiger partial charge in [0.1, 0.15) is 17.2 Å². The van der Waals surface area contributed by atoms with Crippen LogP contribution in [-0.2, 0) is 0 Å². The average molecular weight is 429 g/mol. The highest BCUT2D eigenvalue weighted by molar-refractivity contribution is 6.14. The van der Waals surface area contributed by atoms with E-state index in [9.17, 15) is 9.59 Å². The molecule has 0 fully saturated rings. The molecule has 32 heavy (non-hydrogen) atoms. The van der Waals surface area contributed by atoms with Gasteiger partial charge in [0, 0.05) is 31.4 Å². The maximum atomic E-state index is 12.7. The number of hydrogen-bond acceptors (Lipinski definition) is 6. The summed E-state index contributed by atoms with van der Waals surface area (Å²) in [6.45, 7) is -0.125. The Kier molecular flexibility index (Phi) is 5.94. The molecule has 0 saturated carbocycles. The van der Waals surface area contributed by atoms with Gasteiger partial charge in [-0.3, -0.25) is 9.59 Å². The zero-order valence-corrected chi connectivity index (χ0v) is 18.1. The highest BCUT2D eigenvalue weighted by Crippen LogP contribution is 2.35. The van der Waals surface area contributed by atoms with Crippen molar-refractivity contribution in [3.05, 3.63) is 89.2 Å². The molecule has 4 rings (SSSR count). The summed E-state index contributed by atoms with van der Waals surface area (Å²) in [7, 11) is 5.51. The van der Waals surface area contributed by atoms with Gasteiger partial charge in [0.2, 0.25) is 5.78 Å². The minimum absolute atomic E-state index is 0.125. The van der Waals surface area contributed by atoms with Crippen LogP contribution in [0.2, 0.25) is 0 Å². The van der Waals surface area contributed by atoms with Crippen LogP contribution in [0.3, 0.4) is 0 Å². The molecule has 1 aliphatic rings. The molecule has 0 aliphatic carbocycles.